The fourth-order valence-corrected chi connectivity index (χ4v) is 1.08. The highest BCUT2D eigenvalue weighted by Gasteiger charge is 2.14. The van der Waals surface area contributed by atoms with Gasteiger partial charge in [-0.2, -0.15) is 0 Å². The van der Waals surface area contributed by atoms with E-state index in [1.54, 1.807) is 19.2 Å². The molecule has 0 saturated carbocycles. The largest absolute Gasteiger partial charge is 0.450 e. The molecule has 15 heavy (non-hydrogen) atoms. The molecular formula is C9H14N4O2. The summed E-state index contributed by atoms with van der Waals surface area (Å²) in [4.78, 5) is 18.9. The van der Waals surface area contributed by atoms with E-state index in [0.717, 1.165) is 0 Å². The van der Waals surface area contributed by atoms with Crippen LogP contribution >= 0.6 is 0 Å². The smallest absolute Gasteiger partial charge is 0.407 e. The zero-order valence-electron chi connectivity index (χ0n) is 8.51. The summed E-state index contributed by atoms with van der Waals surface area (Å²) in [6, 6.07) is 1.36. The number of hydrogen-bond donors (Lipinski definition) is 2. The van der Waals surface area contributed by atoms with Gasteiger partial charge in [0.05, 0.1) is 18.3 Å². The first-order valence-corrected chi connectivity index (χ1v) is 4.67. The van der Waals surface area contributed by atoms with Crippen molar-refractivity contribution in [1.29, 1.82) is 0 Å². The maximum Gasteiger partial charge on any atom is 0.407 e. The van der Waals surface area contributed by atoms with E-state index in [2.05, 4.69) is 15.3 Å². The third-order valence-electron chi connectivity index (χ3n) is 1.77. The molecule has 1 atom stereocenters. The number of carbonyl (C=O) groups excluding carboxylic acids is 1. The van der Waals surface area contributed by atoms with Crippen LogP contribution in [0.3, 0.4) is 0 Å². The molecular weight excluding hydrogens is 196 g/mol. The van der Waals surface area contributed by atoms with Crippen LogP contribution in [0.2, 0.25) is 0 Å². The highest BCUT2D eigenvalue weighted by atomic mass is 16.5. The number of hydrogen-bond acceptors (Lipinski definition) is 5. The SMILES string of the molecule is CCOC(=O)NC(CN)c1ccncn1. The number of ether oxygens (including phenoxy) is 1. The summed E-state index contributed by atoms with van der Waals surface area (Å²) in [6.45, 7) is 2.32. The Morgan fingerprint density at radius 3 is 3.07 bits per heavy atom. The summed E-state index contributed by atoms with van der Waals surface area (Å²) in [6.07, 6.45) is 2.51. The third kappa shape index (κ3) is 3.51. The number of carbonyl (C=O) groups is 1. The molecule has 1 aromatic rings. The second-order valence-corrected chi connectivity index (χ2v) is 2.79. The Bertz CT molecular complexity index is 304. The van der Waals surface area contributed by atoms with Crippen LogP contribution in [0.5, 0.6) is 0 Å². The Labute approximate surface area is 87.9 Å². The lowest BCUT2D eigenvalue weighted by molar-refractivity contribution is 0.148. The van der Waals surface area contributed by atoms with Crippen LogP contribution in [0.25, 0.3) is 0 Å². The quantitative estimate of drug-likeness (QED) is 0.742. The molecule has 0 aliphatic carbocycles. The van der Waals surface area contributed by atoms with Crippen molar-refractivity contribution in [2.24, 2.45) is 5.73 Å². The van der Waals surface area contributed by atoms with Gasteiger partial charge in [0.25, 0.3) is 0 Å². The first kappa shape index (κ1) is 11.4. The van der Waals surface area contributed by atoms with Crippen molar-refractivity contribution in [1.82, 2.24) is 15.3 Å². The molecule has 1 unspecified atom stereocenters. The number of rotatable bonds is 4. The molecule has 1 aromatic heterocycles. The molecule has 82 valence electrons. The average Bonchev–Trinajstić information content (AvgIpc) is 2.27. The van der Waals surface area contributed by atoms with E-state index in [-0.39, 0.29) is 12.6 Å². The number of alkyl carbamates (subject to hydrolysis) is 1. The molecule has 0 radical (unpaired) electrons. The first-order chi connectivity index (χ1) is 7.27. The van der Waals surface area contributed by atoms with Crippen molar-refractivity contribution in [3.05, 3.63) is 24.3 Å². The van der Waals surface area contributed by atoms with Crippen LogP contribution in [0.15, 0.2) is 18.6 Å². The zero-order chi connectivity index (χ0) is 11.1. The predicted octanol–water partition coefficient (Wildman–Crippen LogP) is 0.222. The molecule has 3 N–H and O–H groups in total. The molecule has 0 fully saturated rings. The van der Waals surface area contributed by atoms with E-state index in [0.29, 0.717) is 12.3 Å². The molecule has 0 bridgehead atoms. The van der Waals surface area contributed by atoms with Gasteiger partial charge in [0, 0.05) is 12.7 Å². The Hall–Kier alpha value is -1.69. The number of nitrogens with two attached hydrogens (primary N) is 1. The predicted molar refractivity (Wildman–Crippen MR) is 54.0 cm³/mol. The minimum absolute atomic E-state index is 0.260. The molecule has 0 aliphatic rings. The van der Waals surface area contributed by atoms with E-state index >= 15 is 0 Å². The van der Waals surface area contributed by atoms with Gasteiger partial charge in [-0.05, 0) is 13.0 Å². The van der Waals surface area contributed by atoms with Crippen LogP contribution in [0.1, 0.15) is 18.7 Å². The Kier molecular flexibility index (Phi) is 4.49. The summed E-state index contributed by atoms with van der Waals surface area (Å²) in [7, 11) is 0. The topological polar surface area (TPSA) is 90.1 Å². The zero-order valence-corrected chi connectivity index (χ0v) is 8.51. The molecule has 6 nitrogen and oxygen atoms in total. The van der Waals surface area contributed by atoms with E-state index in [1.165, 1.54) is 6.33 Å². The second kappa shape index (κ2) is 5.92. The van der Waals surface area contributed by atoms with E-state index in [4.69, 9.17) is 10.5 Å². The van der Waals surface area contributed by atoms with Crippen LogP contribution in [-0.2, 0) is 4.74 Å². The van der Waals surface area contributed by atoms with Gasteiger partial charge in [-0.15, -0.1) is 0 Å². The monoisotopic (exact) mass is 210 g/mol. The molecule has 1 amide bonds. The number of nitrogens with zero attached hydrogens (tertiary/aromatic N) is 2. The lowest BCUT2D eigenvalue weighted by Gasteiger charge is -2.15. The number of nitrogens with one attached hydrogen (secondary N) is 1. The van der Waals surface area contributed by atoms with Crippen LogP contribution in [0, 0.1) is 0 Å². The fourth-order valence-electron chi connectivity index (χ4n) is 1.08. The molecule has 1 rings (SSSR count). The van der Waals surface area contributed by atoms with Gasteiger partial charge >= 0.3 is 6.09 Å². The maximum absolute atomic E-state index is 11.2. The van der Waals surface area contributed by atoms with Crippen molar-refractivity contribution < 1.29 is 9.53 Å². The molecule has 1 heterocycles. The Morgan fingerprint density at radius 1 is 1.73 bits per heavy atom. The minimum atomic E-state index is -0.494. The van der Waals surface area contributed by atoms with Crippen molar-refractivity contribution in [3.8, 4) is 0 Å². The van der Waals surface area contributed by atoms with Crippen molar-refractivity contribution in [2.45, 2.75) is 13.0 Å². The summed E-state index contributed by atoms with van der Waals surface area (Å²) in [5.74, 6) is 0. The van der Waals surface area contributed by atoms with Gasteiger partial charge in [0.1, 0.15) is 6.33 Å². The highest BCUT2D eigenvalue weighted by molar-refractivity contribution is 5.67. The fraction of sp³-hybridized carbons (Fsp3) is 0.444. The van der Waals surface area contributed by atoms with E-state index < -0.39 is 6.09 Å². The lowest BCUT2D eigenvalue weighted by Crippen LogP contribution is -2.34. The maximum atomic E-state index is 11.2. The molecule has 0 aliphatic heterocycles. The van der Waals surface area contributed by atoms with E-state index in [1.807, 2.05) is 0 Å². The molecule has 6 heteroatoms. The van der Waals surface area contributed by atoms with Gasteiger partial charge in [-0.25, -0.2) is 14.8 Å². The Balaban J connectivity index is 2.61. The summed E-state index contributed by atoms with van der Waals surface area (Å²) in [5.41, 5.74) is 6.19. The van der Waals surface area contributed by atoms with Gasteiger partial charge in [-0.1, -0.05) is 0 Å². The first-order valence-electron chi connectivity index (χ1n) is 4.67. The average molecular weight is 210 g/mol. The van der Waals surface area contributed by atoms with Crippen molar-refractivity contribution in [2.75, 3.05) is 13.2 Å². The standard InChI is InChI=1S/C9H14N4O2/c1-2-15-9(14)13-8(5-10)7-3-4-11-6-12-7/h3-4,6,8H,2,5,10H2,1H3,(H,13,14). The minimum Gasteiger partial charge on any atom is -0.450 e. The Morgan fingerprint density at radius 2 is 2.53 bits per heavy atom. The van der Waals surface area contributed by atoms with Crippen molar-refractivity contribution in [3.63, 3.8) is 0 Å². The summed E-state index contributed by atoms with van der Waals surface area (Å²) in [5, 5.41) is 2.61. The van der Waals surface area contributed by atoms with Gasteiger partial charge in [-0.3, -0.25) is 0 Å². The van der Waals surface area contributed by atoms with Gasteiger partial charge in [0.2, 0.25) is 0 Å². The normalized spacial score (nSPS) is 11.9. The van der Waals surface area contributed by atoms with E-state index in [9.17, 15) is 4.79 Å². The highest BCUT2D eigenvalue weighted by Crippen LogP contribution is 2.06. The lowest BCUT2D eigenvalue weighted by atomic mass is 10.2. The van der Waals surface area contributed by atoms with Gasteiger partial charge in [0.15, 0.2) is 0 Å². The summed E-state index contributed by atoms with van der Waals surface area (Å²) < 4.78 is 4.75. The number of amides is 1. The van der Waals surface area contributed by atoms with Gasteiger partial charge < -0.3 is 15.8 Å². The molecule has 0 spiro atoms. The van der Waals surface area contributed by atoms with Crippen LogP contribution in [-0.4, -0.2) is 29.2 Å². The summed E-state index contributed by atoms with van der Waals surface area (Å²) >= 11 is 0. The van der Waals surface area contributed by atoms with Crippen LogP contribution < -0.4 is 11.1 Å². The number of aromatic nitrogens is 2. The third-order valence-corrected chi connectivity index (χ3v) is 1.77. The molecule has 0 saturated heterocycles. The van der Waals surface area contributed by atoms with Crippen molar-refractivity contribution >= 4 is 6.09 Å². The molecule has 0 aromatic carbocycles. The second-order valence-electron chi connectivity index (χ2n) is 2.79. The van der Waals surface area contributed by atoms with Crippen LogP contribution in [0.4, 0.5) is 4.79 Å².